The summed E-state index contributed by atoms with van der Waals surface area (Å²) in [6, 6.07) is 1.94. The quantitative estimate of drug-likeness (QED) is 0.791. The predicted molar refractivity (Wildman–Crippen MR) is 70.9 cm³/mol. The lowest BCUT2D eigenvalue weighted by Crippen LogP contribution is -2.05. The van der Waals surface area contributed by atoms with Crippen LogP contribution in [0.3, 0.4) is 0 Å². The lowest BCUT2D eigenvalue weighted by atomic mass is 10.2. The molecule has 4 heteroatoms. The second-order valence-corrected chi connectivity index (χ2v) is 3.85. The van der Waals surface area contributed by atoms with Gasteiger partial charge in [-0.05, 0) is 19.9 Å². The average Bonchev–Trinajstić information content (AvgIpc) is 2.82. The molecular weight excluding hydrogens is 212 g/mol. The second kappa shape index (κ2) is 5.30. The van der Waals surface area contributed by atoms with Crippen molar-refractivity contribution in [3.8, 4) is 0 Å². The number of anilines is 1. The molecule has 0 aromatic carbocycles. The number of fused-ring (bicyclic) bond motifs is 1. The molecule has 2 aromatic rings. The molecule has 2 rings (SSSR count). The number of aromatic amines is 1. The zero-order chi connectivity index (χ0) is 12.1. The maximum Gasteiger partial charge on any atom is 0.154 e. The monoisotopic (exact) mass is 228 g/mol. The molecule has 2 heterocycles. The van der Waals surface area contributed by atoms with E-state index in [0.29, 0.717) is 0 Å². The van der Waals surface area contributed by atoms with Gasteiger partial charge >= 0.3 is 0 Å². The van der Waals surface area contributed by atoms with Crippen molar-refractivity contribution in [3.63, 3.8) is 0 Å². The summed E-state index contributed by atoms with van der Waals surface area (Å²) >= 11 is 0. The van der Waals surface area contributed by atoms with E-state index < -0.39 is 0 Å². The average molecular weight is 228 g/mol. The highest BCUT2D eigenvalue weighted by molar-refractivity contribution is 5.85. The normalized spacial score (nSPS) is 12.5. The van der Waals surface area contributed by atoms with Crippen LogP contribution in [-0.2, 0) is 0 Å². The van der Waals surface area contributed by atoms with Gasteiger partial charge in [0.1, 0.15) is 11.8 Å². The number of hydrogen-bond donors (Lipinski definition) is 2. The molecule has 0 aliphatic heterocycles. The fourth-order valence-electron chi connectivity index (χ4n) is 1.55. The van der Waals surface area contributed by atoms with Crippen LogP contribution in [0.25, 0.3) is 11.0 Å². The third kappa shape index (κ3) is 2.72. The fraction of sp³-hybridized carbons (Fsp3) is 0.231. The Morgan fingerprint density at radius 2 is 2.35 bits per heavy atom. The third-order valence-electron chi connectivity index (χ3n) is 2.45. The maximum atomic E-state index is 4.23. The highest BCUT2D eigenvalue weighted by Gasteiger charge is 2.03. The van der Waals surface area contributed by atoms with Crippen LogP contribution in [0, 0.1) is 0 Å². The van der Waals surface area contributed by atoms with E-state index in [4.69, 9.17) is 0 Å². The fourth-order valence-corrected chi connectivity index (χ4v) is 1.55. The van der Waals surface area contributed by atoms with Crippen molar-refractivity contribution in [3.05, 3.63) is 42.4 Å². The van der Waals surface area contributed by atoms with Gasteiger partial charge < -0.3 is 10.3 Å². The van der Waals surface area contributed by atoms with Crippen LogP contribution in [0.4, 0.5) is 5.82 Å². The number of rotatable bonds is 4. The van der Waals surface area contributed by atoms with Crippen LogP contribution < -0.4 is 5.32 Å². The van der Waals surface area contributed by atoms with E-state index in [2.05, 4.69) is 33.3 Å². The van der Waals surface area contributed by atoms with E-state index >= 15 is 0 Å². The molecule has 2 N–H and O–H groups in total. The Balaban J connectivity index is 2.11. The zero-order valence-corrected chi connectivity index (χ0v) is 10.1. The Kier molecular flexibility index (Phi) is 3.55. The van der Waals surface area contributed by atoms with Crippen LogP contribution >= 0.6 is 0 Å². The molecule has 0 spiro atoms. The Morgan fingerprint density at radius 1 is 1.47 bits per heavy atom. The molecule has 0 saturated carbocycles. The van der Waals surface area contributed by atoms with E-state index in [0.717, 1.165) is 23.4 Å². The number of H-pyrrole nitrogens is 1. The Labute approximate surface area is 100 Å². The minimum Gasteiger partial charge on any atom is -0.364 e. The summed E-state index contributed by atoms with van der Waals surface area (Å²) in [5.74, 6) is 0.841. The first-order valence-electron chi connectivity index (χ1n) is 5.61. The molecule has 0 bridgehead atoms. The van der Waals surface area contributed by atoms with Gasteiger partial charge in [0.15, 0.2) is 5.82 Å². The molecule has 0 saturated heterocycles. The minimum atomic E-state index is 0.773. The number of hydrogen-bond acceptors (Lipinski definition) is 3. The topological polar surface area (TPSA) is 53.6 Å². The van der Waals surface area contributed by atoms with Crippen molar-refractivity contribution in [2.24, 2.45) is 0 Å². The zero-order valence-electron chi connectivity index (χ0n) is 10.1. The Hall–Kier alpha value is -2.10. The third-order valence-corrected chi connectivity index (χ3v) is 2.45. The molecule has 0 aliphatic rings. The molecular formula is C13H16N4. The summed E-state index contributed by atoms with van der Waals surface area (Å²) < 4.78 is 0. The molecule has 0 atom stereocenters. The smallest absolute Gasteiger partial charge is 0.154 e. The molecule has 0 fully saturated rings. The van der Waals surface area contributed by atoms with Crippen molar-refractivity contribution >= 4 is 16.9 Å². The van der Waals surface area contributed by atoms with Crippen LogP contribution in [0.2, 0.25) is 0 Å². The molecule has 2 aromatic heterocycles. The molecule has 0 radical (unpaired) electrons. The Bertz CT molecular complexity index is 551. The molecule has 0 amide bonds. The van der Waals surface area contributed by atoms with Crippen molar-refractivity contribution in [2.75, 3.05) is 11.9 Å². The van der Waals surface area contributed by atoms with Crippen molar-refractivity contribution in [1.29, 1.82) is 0 Å². The van der Waals surface area contributed by atoms with Crippen LogP contribution in [0.5, 0.6) is 0 Å². The van der Waals surface area contributed by atoms with Crippen molar-refractivity contribution in [1.82, 2.24) is 15.0 Å². The van der Waals surface area contributed by atoms with Crippen LogP contribution in [-0.4, -0.2) is 21.5 Å². The summed E-state index contributed by atoms with van der Waals surface area (Å²) in [4.78, 5) is 11.5. The highest BCUT2D eigenvalue weighted by atomic mass is 15.0. The van der Waals surface area contributed by atoms with E-state index in [1.807, 2.05) is 31.3 Å². The highest BCUT2D eigenvalue weighted by Crippen LogP contribution is 2.16. The summed E-state index contributed by atoms with van der Waals surface area (Å²) in [5, 5.41) is 3.30. The van der Waals surface area contributed by atoms with Gasteiger partial charge in [-0.2, -0.15) is 0 Å². The van der Waals surface area contributed by atoms with E-state index in [1.54, 1.807) is 6.33 Å². The Morgan fingerprint density at radius 3 is 3.18 bits per heavy atom. The van der Waals surface area contributed by atoms with Gasteiger partial charge in [0.2, 0.25) is 0 Å². The van der Waals surface area contributed by atoms with Crippen molar-refractivity contribution < 1.29 is 0 Å². The standard InChI is InChI=1S/C13H16N4/c1-3-4-5-10(2)8-15-13-12-11(6-7-14-12)16-9-17-13/h3-7,9,14H,8H2,1-2H3,(H,15,16,17)/b4-3-,10-5+. The lowest BCUT2D eigenvalue weighted by Gasteiger charge is -2.05. The largest absolute Gasteiger partial charge is 0.364 e. The number of allylic oxidation sites excluding steroid dienone is 3. The van der Waals surface area contributed by atoms with E-state index in [1.165, 1.54) is 5.57 Å². The first-order chi connectivity index (χ1) is 8.31. The first-order valence-corrected chi connectivity index (χ1v) is 5.61. The first kappa shape index (κ1) is 11.4. The minimum absolute atomic E-state index is 0.773. The molecule has 0 unspecified atom stereocenters. The molecule has 88 valence electrons. The van der Waals surface area contributed by atoms with Gasteiger partial charge in [0.05, 0.1) is 5.52 Å². The van der Waals surface area contributed by atoms with Crippen LogP contribution in [0.1, 0.15) is 13.8 Å². The van der Waals surface area contributed by atoms with Gasteiger partial charge in [-0.1, -0.05) is 23.8 Å². The van der Waals surface area contributed by atoms with Gasteiger partial charge in [-0.25, -0.2) is 9.97 Å². The summed E-state index contributed by atoms with van der Waals surface area (Å²) in [6.45, 7) is 4.86. The summed E-state index contributed by atoms with van der Waals surface area (Å²) in [7, 11) is 0. The number of nitrogens with one attached hydrogen (secondary N) is 2. The lowest BCUT2D eigenvalue weighted by molar-refractivity contribution is 1.14. The van der Waals surface area contributed by atoms with Crippen molar-refractivity contribution in [2.45, 2.75) is 13.8 Å². The van der Waals surface area contributed by atoms with Crippen LogP contribution in [0.15, 0.2) is 42.4 Å². The molecule has 4 nitrogen and oxygen atoms in total. The van der Waals surface area contributed by atoms with Gasteiger partial charge in [-0.15, -0.1) is 0 Å². The van der Waals surface area contributed by atoms with E-state index in [-0.39, 0.29) is 0 Å². The van der Waals surface area contributed by atoms with E-state index in [9.17, 15) is 0 Å². The predicted octanol–water partition coefficient (Wildman–Crippen LogP) is 2.89. The summed E-state index contributed by atoms with van der Waals surface area (Å²) in [5.41, 5.74) is 3.13. The van der Waals surface area contributed by atoms with Gasteiger partial charge in [-0.3, -0.25) is 0 Å². The SMILES string of the molecule is C/C=C\C=C(/C)CNc1ncnc2cc[nH]c12. The second-order valence-electron chi connectivity index (χ2n) is 3.85. The maximum absolute atomic E-state index is 4.23. The molecule has 17 heavy (non-hydrogen) atoms. The number of nitrogens with zero attached hydrogens (tertiary/aromatic N) is 2. The number of aromatic nitrogens is 3. The molecule has 0 aliphatic carbocycles. The summed E-state index contributed by atoms with van der Waals surface area (Å²) in [6.07, 6.45) is 9.56. The van der Waals surface area contributed by atoms with Gasteiger partial charge in [0, 0.05) is 12.7 Å². The van der Waals surface area contributed by atoms with Gasteiger partial charge in [0.25, 0.3) is 0 Å².